The van der Waals surface area contributed by atoms with E-state index in [1.807, 2.05) is 23.1 Å². The number of benzene rings is 2. The van der Waals surface area contributed by atoms with E-state index in [1.54, 1.807) is 19.2 Å². The molecule has 2 aliphatic rings. The van der Waals surface area contributed by atoms with Gasteiger partial charge in [0.1, 0.15) is 5.82 Å². The summed E-state index contributed by atoms with van der Waals surface area (Å²) in [7, 11) is 5.82. The molecule has 0 bridgehead atoms. The number of hydrogen-bond acceptors (Lipinski definition) is 3. The van der Waals surface area contributed by atoms with Crippen LogP contribution in [-0.4, -0.2) is 49.1 Å². The molecule has 1 spiro atoms. The Kier molecular flexibility index (Phi) is 6.04. The first-order chi connectivity index (χ1) is 14.9. The van der Waals surface area contributed by atoms with Gasteiger partial charge < -0.3 is 15.0 Å². The first-order valence-corrected chi connectivity index (χ1v) is 10.9. The van der Waals surface area contributed by atoms with E-state index in [0.717, 1.165) is 42.4 Å². The third-order valence-corrected chi connectivity index (χ3v) is 7.11. The Labute approximate surface area is 184 Å². The van der Waals surface area contributed by atoms with Crippen LogP contribution in [0.1, 0.15) is 42.4 Å². The van der Waals surface area contributed by atoms with Gasteiger partial charge in [0.05, 0.1) is 12.1 Å². The molecule has 5 nitrogen and oxygen atoms in total. The summed E-state index contributed by atoms with van der Waals surface area (Å²) < 4.78 is 19.1. The topological polar surface area (TPSA) is 44.8 Å². The highest BCUT2D eigenvalue weighted by Gasteiger charge is 2.50. The molecule has 1 heterocycles. The van der Waals surface area contributed by atoms with Crippen molar-refractivity contribution in [3.05, 3.63) is 71.0 Å². The van der Waals surface area contributed by atoms with Crippen molar-refractivity contribution in [1.82, 2.24) is 15.1 Å². The highest BCUT2D eigenvalue weighted by molar-refractivity contribution is 5.78. The third-order valence-electron chi connectivity index (χ3n) is 7.11. The van der Waals surface area contributed by atoms with Crippen molar-refractivity contribution in [1.29, 1.82) is 0 Å². The van der Waals surface area contributed by atoms with Gasteiger partial charge in [-0.25, -0.2) is 9.18 Å². The third kappa shape index (κ3) is 4.32. The van der Waals surface area contributed by atoms with Gasteiger partial charge in [0.25, 0.3) is 0 Å². The van der Waals surface area contributed by atoms with Gasteiger partial charge in [0.2, 0.25) is 0 Å². The fourth-order valence-corrected chi connectivity index (χ4v) is 5.24. The van der Waals surface area contributed by atoms with Gasteiger partial charge in [-0.05, 0) is 68.6 Å². The molecule has 1 aliphatic heterocycles. The number of rotatable bonds is 6. The quantitative estimate of drug-likeness (QED) is 0.752. The van der Waals surface area contributed by atoms with E-state index >= 15 is 0 Å². The molecule has 2 aromatic carbocycles. The highest BCUT2D eigenvalue weighted by Crippen LogP contribution is 2.46. The summed E-state index contributed by atoms with van der Waals surface area (Å²) in [6.45, 7) is 1.90. The zero-order valence-electron chi connectivity index (χ0n) is 18.7. The molecule has 166 valence electrons. The fourth-order valence-electron chi connectivity index (χ4n) is 5.24. The first-order valence-electron chi connectivity index (χ1n) is 10.9. The van der Waals surface area contributed by atoms with Gasteiger partial charge in [0, 0.05) is 25.7 Å². The van der Waals surface area contributed by atoms with Crippen LogP contribution in [0.5, 0.6) is 0 Å². The summed E-state index contributed by atoms with van der Waals surface area (Å²) in [5, 5.41) is 3.29. The zero-order valence-corrected chi connectivity index (χ0v) is 18.7. The molecule has 0 atom stereocenters. The lowest BCUT2D eigenvalue weighted by Gasteiger charge is -2.48. The number of nitrogens with one attached hydrogen (secondary N) is 1. The SMILES string of the molecule is COCc1ccc(CN2CC3(CCC(c4cccc(F)c4)(N(C)C)CC3)NC2=O)cc1. The Morgan fingerprint density at radius 2 is 1.74 bits per heavy atom. The smallest absolute Gasteiger partial charge is 0.318 e. The lowest BCUT2D eigenvalue weighted by Crippen LogP contribution is -2.54. The predicted octanol–water partition coefficient (Wildman–Crippen LogP) is 4.27. The van der Waals surface area contributed by atoms with E-state index in [4.69, 9.17) is 4.74 Å². The number of ether oxygens (including phenoxy) is 1. The van der Waals surface area contributed by atoms with E-state index in [-0.39, 0.29) is 22.9 Å². The number of nitrogens with zero attached hydrogens (tertiary/aromatic N) is 2. The molecule has 1 saturated heterocycles. The highest BCUT2D eigenvalue weighted by atomic mass is 19.1. The van der Waals surface area contributed by atoms with Crippen LogP contribution in [0.2, 0.25) is 0 Å². The molecule has 2 amide bonds. The van der Waals surface area contributed by atoms with Crippen molar-refractivity contribution < 1.29 is 13.9 Å². The molecule has 2 aromatic rings. The van der Waals surface area contributed by atoms with Crippen LogP contribution < -0.4 is 5.32 Å². The number of methoxy groups -OCH3 is 1. The van der Waals surface area contributed by atoms with Crippen LogP contribution in [0.25, 0.3) is 0 Å². The van der Waals surface area contributed by atoms with Gasteiger partial charge in [0.15, 0.2) is 0 Å². The van der Waals surface area contributed by atoms with Gasteiger partial charge in [-0.3, -0.25) is 4.90 Å². The molecule has 4 rings (SSSR count). The van der Waals surface area contributed by atoms with E-state index in [9.17, 15) is 9.18 Å². The van der Waals surface area contributed by atoms with Gasteiger partial charge in [-0.15, -0.1) is 0 Å². The molecular formula is C25H32FN3O2. The van der Waals surface area contributed by atoms with E-state index in [0.29, 0.717) is 19.7 Å². The first kappa shape index (κ1) is 21.8. The Morgan fingerprint density at radius 1 is 1.06 bits per heavy atom. The van der Waals surface area contributed by atoms with Gasteiger partial charge in [-0.2, -0.15) is 0 Å². The van der Waals surface area contributed by atoms with Crippen LogP contribution in [0.4, 0.5) is 9.18 Å². The van der Waals surface area contributed by atoms with Crippen LogP contribution in [0, 0.1) is 5.82 Å². The van der Waals surface area contributed by atoms with E-state index in [2.05, 4.69) is 36.4 Å². The number of urea groups is 1. The normalized spacial score (nSPS) is 26.0. The van der Waals surface area contributed by atoms with Crippen molar-refractivity contribution >= 4 is 6.03 Å². The van der Waals surface area contributed by atoms with Crippen LogP contribution in [0.3, 0.4) is 0 Å². The average Bonchev–Trinajstić information content (AvgIpc) is 3.05. The minimum atomic E-state index is -0.208. The Balaban J connectivity index is 1.45. The molecule has 2 fully saturated rings. The second-order valence-corrected chi connectivity index (χ2v) is 9.25. The lowest BCUT2D eigenvalue weighted by atomic mass is 9.69. The number of hydrogen-bond donors (Lipinski definition) is 1. The summed E-state index contributed by atoms with van der Waals surface area (Å²) in [6.07, 6.45) is 3.50. The Hall–Kier alpha value is -2.44. The summed E-state index contributed by atoms with van der Waals surface area (Å²) in [5.41, 5.74) is 2.84. The number of amides is 2. The summed E-state index contributed by atoms with van der Waals surface area (Å²) in [5.74, 6) is -0.198. The van der Waals surface area contributed by atoms with Crippen molar-refractivity contribution in [3.63, 3.8) is 0 Å². The molecule has 6 heteroatoms. The summed E-state index contributed by atoms with van der Waals surface area (Å²) in [6, 6.07) is 15.2. The standard InChI is InChI=1S/C25H32FN3O2/c1-28(2)25(21-5-4-6-22(26)15-21)13-11-24(12-14-25)18-29(23(30)27-24)16-19-7-9-20(10-8-19)17-31-3/h4-10,15H,11-14,16-18H2,1-3H3,(H,27,30). The number of halogens is 1. The molecule has 0 unspecified atom stereocenters. The number of carbonyl (C=O) groups excluding carboxylic acids is 1. The Bertz CT molecular complexity index is 921. The molecule has 0 radical (unpaired) electrons. The maximum Gasteiger partial charge on any atom is 0.318 e. The van der Waals surface area contributed by atoms with Gasteiger partial charge >= 0.3 is 6.03 Å². The maximum absolute atomic E-state index is 13.9. The molecule has 1 N–H and O–H groups in total. The second kappa shape index (κ2) is 8.60. The second-order valence-electron chi connectivity index (χ2n) is 9.25. The fraction of sp³-hybridized carbons (Fsp3) is 0.480. The molecule has 31 heavy (non-hydrogen) atoms. The minimum absolute atomic E-state index is 0.00377. The molecular weight excluding hydrogens is 393 g/mol. The van der Waals surface area contributed by atoms with Crippen molar-refractivity contribution in [2.75, 3.05) is 27.7 Å². The van der Waals surface area contributed by atoms with Crippen molar-refractivity contribution in [2.24, 2.45) is 0 Å². The molecule has 1 saturated carbocycles. The van der Waals surface area contributed by atoms with E-state index < -0.39 is 0 Å². The largest absolute Gasteiger partial charge is 0.380 e. The van der Waals surface area contributed by atoms with Crippen molar-refractivity contribution in [2.45, 2.75) is 49.9 Å². The summed E-state index contributed by atoms with van der Waals surface area (Å²) >= 11 is 0. The lowest BCUT2D eigenvalue weighted by molar-refractivity contribution is 0.0615. The zero-order chi connectivity index (χ0) is 22.1. The van der Waals surface area contributed by atoms with Crippen LogP contribution in [-0.2, 0) is 23.4 Å². The van der Waals surface area contributed by atoms with Crippen LogP contribution >= 0.6 is 0 Å². The van der Waals surface area contributed by atoms with E-state index in [1.165, 1.54) is 6.07 Å². The molecule has 1 aliphatic carbocycles. The predicted molar refractivity (Wildman–Crippen MR) is 119 cm³/mol. The van der Waals surface area contributed by atoms with Gasteiger partial charge in [-0.1, -0.05) is 36.4 Å². The number of carbonyl (C=O) groups is 1. The van der Waals surface area contributed by atoms with Crippen molar-refractivity contribution in [3.8, 4) is 0 Å². The van der Waals surface area contributed by atoms with Crippen LogP contribution in [0.15, 0.2) is 48.5 Å². The monoisotopic (exact) mass is 425 g/mol. The minimum Gasteiger partial charge on any atom is -0.380 e. The summed E-state index contributed by atoms with van der Waals surface area (Å²) in [4.78, 5) is 16.9. The molecule has 0 aromatic heterocycles. The Morgan fingerprint density at radius 3 is 2.35 bits per heavy atom. The average molecular weight is 426 g/mol. The maximum atomic E-state index is 13.9.